The number of amides is 2. The van der Waals surface area contributed by atoms with Crippen molar-refractivity contribution >= 4 is 46.7 Å². The molecule has 0 aliphatic carbocycles. The quantitative estimate of drug-likeness (QED) is 0.388. The van der Waals surface area contributed by atoms with Gasteiger partial charge in [-0.2, -0.15) is 0 Å². The van der Waals surface area contributed by atoms with E-state index in [1.165, 1.54) is 48.2 Å². The highest BCUT2D eigenvalue weighted by atomic mass is 32.2. The predicted octanol–water partition coefficient (Wildman–Crippen LogP) is 4.31. The second kappa shape index (κ2) is 10.3. The van der Waals surface area contributed by atoms with Gasteiger partial charge in [-0.15, -0.1) is 11.8 Å². The Balaban J connectivity index is 1.28. The Morgan fingerprint density at radius 1 is 0.941 bits per heavy atom. The van der Waals surface area contributed by atoms with Gasteiger partial charge in [-0.25, -0.2) is 9.18 Å². The molecule has 3 aromatic carbocycles. The maximum Gasteiger partial charge on any atom is 0.338 e. The summed E-state index contributed by atoms with van der Waals surface area (Å²) in [6.07, 6.45) is -0.0138. The fourth-order valence-electron chi connectivity index (χ4n) is 3.23. The fourth-order valence-corrected chi connectivity index (χ4v) is 4.34. The molecule has 0 spiro atoms. The van der Waals surface area contributed by atoms with Gasteiger partial charge >= 0.3 is 5.97 Å². The van der Waals surface area contributed by atoms with Crippen molar-refractivity contribution in [2.24, 2.45) is 0 Å². The molecule has 1 heterocycles. The molecule has 0 saturated heterocycles. The lowest BCUT2D eigenvalue weighted by Gasteiger charge is -2.23. The molecule has 7 nitrogen and oxygen atoms in total. The summed E-state index contributed by atoms with van der Waals surface area (Å²) in [5.74, 6) is -2.20. The molecule has 1 atom stereocenters. The zero-order valence-electron chi connectivity index (χ0n) is 17.7. The van der Waals surface area contributed by atoms with Gasteiger partial charge in [-0.1, -0.05) is 12.1 Å². The third kappa shape index (κ3) is 5.68. The number of fused-ring (bicyclic) bond motifs is 1. The Bertz CT molecular complexity index is 1240. The minimum atomic E-state index is -0.706. The second-order valence-electron chi connectivity index (χ2n) is 7.43. The maximum absolute atomic E-state index is 12.9. The Morgan fingerprint density at radius 3 is 2.35 bits per heavy atom. The Hall–Kier alpha value is -3.98. The number of hydrogen-bond acceptors (Lipinski definition) is 6. The number of ether oxygens (including phenoxy) is 1. The number of para-hydroxylation sites is 1. The molecule has 3 aromatic rings. The summed E-state index contributed by atoms with van der Waals surface area (Å²) in [5, 5.41) is 4.95. The normalized spacial score (nSPS) is 14.5. The lowest BCUT2D eigenvalue weighted by atomic mass is 10.1. The minimum absolute atomic E-state index is 0.0138. The first-order chi connectivity index (χ1) is 16.4. The van der Waals surface area contributed by atoms with E-state index < -0.39 is 29.4 Å². The third-order valence-corrected chi connectivity index (χ3v) is 6.26. The number of anilines is 2. The largest absolute Gasteiger partial charge is 0.454 e. The number of thioether (sulfide) groups is 1. The average Bonchev–Trinajstić information content (AvgIpc) is 2.83. The standard InChI is InChI=1S/C25H19FN2O5S/c26-17-9-5-15(6-10-17)20(29)14-33-25(32)16-7-11-18(12-8-16)27-23(30)13-22-24(31)28-19-3-1-2-4-21(19)34-22/h1-12,22H,13-14H2,(H,27,30)(H,28,31). The minimum Gasteiger partial charge on any atom is -0.454 e. The fraction of sp³-hybridized carbons (Fsp3) is 0.120. The van der Waals surface area contributed by atoms with Crippen LogP contribution in [0.25, 0.3) is 0 Å². The van der Waals surface area contributed by atoms with Gasteiger partial charge in [0, 0.05) is 22.6 Å². The molecule has 0 radical (unpaired) electrons. The zero-order chi connectivity index (χ0) is 24.1. The first-order valence-electron chi connectivity index (χ1n) is 10.3. The highest BCUT2D eigenvalue weighted by Crippen LogP contribution is 2.36. The van der Waals surface area contributed by atoms with Gasteiger partial charge in [0.05, 0.1) is 16.5 Å². The molecule has 172 valence electrons. The van der Waals surface area contributed by atoms with Crippen LogP contribution in [0.5, 0.6) is 0 Å². The van der Waals surface area contributed by atoms with Crippen LogP contribution in [0, 0.1) is 5.82 Å². The zero-order valence-corrected chi connectivity index (χ0v) is 18.6. The predicted molar refractivity (Wildman–Crippen MR) is 125 cm³/mol. The van der Waals surface area contributed by atoms with Gasteiger partial charge in [0.25, 0.3) is 0 Å². The van der Waals surface area contributed by atoms with Crippen molar-refractivity contribution in [3.8, 4) is 0 Å². The van der Waals surface area contributed by atoms with Crippen LogP contribution >= 0.6 is 11.8 Å². The molecule has 0 aromatic heterocycles. The summed E-state index contributed by atoms with van der Waals surface area (Å²) in [4.78, 5) is 49.9. The van der Waals surface area contributed by atoms with Gasteiger partial charge in [-0.3, -0.25) is 14.4 Å². The van der Waals surface area contributed by atoms with Crippen LogP contribution in [-0.2, 0) is 14.3 Å². The molecule has 9 heteroatoms. The van der Waals surface area contributed by atoms with Crippen molar-refractivity contribution in [3.63, 3.8) is 0 Å². The third-order valence-electron chi connectivity index (χ3n) is 4.98. The van der Waals surface area contributed by atoms with E-state index in [1.807, 2.05) is 24.3 Å². The number of halogens is 1. The van der Waals surface area contributed by atoms with E-state index >= 15 is 0 Å². The molecule has 0 fully saturated rings. The SMILES string of the molecule is O=C(CC1Sc2ccccc2NC1=O)Nc1ccc(C(=O)OCC(=O)c2ccc(F)cc2)cc1. The molecule has 1 aliphatic heterocycles. The van der Waals surface area contributed by atoms with Crippen LogP contribution in [0.15, 0.2) is 77.7 Å². The molecular formula is C25H19FN2O5S. The van der Waals surface area contributed by atoms with E-state index in [4.69, 9.17) is 4.74 Å². The smallest absolute Gasteiger partial charge is 0.338 e. The average molecular weight is 479 g/mol. The monoisotopic (exact) mass is 478 g/mol. The molecule has 4 rings (SSSR count). The van der Waals surface area contributed by atoms with Crippen molar-refractivity contribution < 1.29 is 28.3 Å². The Kier molecular flexibility index (Phi) is 7.03. The van der Waals surface area contributed by atoms with Crippen molar-refractivity contribution in [2.75, 3.05) is 17.2 Å². The van der Waals surface area contributed by atoms with Crippen LogP contribution in [0.3, 0.4) is 0 Å². The van der Waals surface area contributed by atoms with Crippen molar-refractivity contribution in [3.05, 3.63) is 89.7 Å². The number of ketones is 1. The molecule has 1 aliphatic rings. The van der Waals surface area contributed by atoms with E-state index in [9.17, 15) is 23.6 Å². The van der Waals surface area contributed by atoms with Gasteiger partial charge in [0.2, 0.25) is 11.8 Å². The molecule has 2 amide bonds. The number of nitrogens with one attached hydrogen (secondary N) is 2. The summed E-state index contributed by atoms with van der Waals surface area (Å²) in [5.41, 5.74) is 1.62. The second-order valence-corrected chi connectivity index (χ2v) is 8.67. The van der Waals surface area contributed by atoms with Crippen molar-refractivity contribution in [2.45, 2.75) is 16.6 Å². The molecular weight excluding hydrogens is 459 g/mol. The lowest BCUT2D eigenvalue weighted by molar-refractivity contribution is -0.120. The molecule has 0 saturated carbocycles. The Morgan fingerprint density at radius 2 is 1.62 bits per heavy atom. The first-order valence-corrected chi connectivity index (χ1v) is 11.2. The van der Waals surface area contributed by atoms with Crippen molar-refractivity contribution in [1.29, 1.82) is 0 Å². The summed E-state index contributed by atoms with van der Waals surface area (Å²) in [7, 11) is 0. The van der Waals surface area contributed by atoms with E-state index in [-0.39, 0.29) is 29.4 Å². The number of esters is 1. The van der Waals surface area contributed by atoms with Gasteiger partial charge in [-0.05, 0) is 60.7 Å². The van der Waals surface area contributed by atoms with Crippen LogP contribution < -0.4 is 10.6 Å². The lowest BCUT2D eigenvalue weighted by Crippen LogP contribution is -2.32. The van der Waals surface area contributed by atoms with E-state index in [1.54, 1.807) is 0 Å². The van der Waals surface area contributed by atoms with Crippen LogP contribution in [0.4, 0.5) is 15.8 Å². The van der Waals surface area contributed by atoms with Crippen molar-refractivity contribution in [1.82, 2.24) is 0 Å². The topological polar surface area (TPSA) is 102 Å². The number of hydrogen-bond donors (Lipinski definition) is 2. The van der Waals surface area contributed by atoms with Crippen LogP contribution in [-0.4, -0.2) is 35.4 Å². The Labute approximate surface area is 198 Å². The van der Waals surface area contributed by atoms with E-state index in [0.29, 0.717) is 5.69 Å². The van der Waals surface area contributed by atoms with Gasteiger partial charge in [0.15, 0.2) is 12.4 Å². The number of benzene rings is 3. The van der Waals surface area contributed by atoms with Gasteiger partial charge < -0.3 is 15.4 Å². The number of carbonyl (C=O) groups is 4. The number of rotatable bonds is 7. The van der Waals surface area contributed by atoms with Gasteiger partial charge in [0.1, 0.15) is 5.82 Å². The maximum atomic E-state index is 12.9. The molecule has 2 N–H and O–H groups in total. The number of Topliss-reactive ketones (excluding diaryl/α,β-unsaturated/α-hetero) is 1. The highest BCUT2D eigenvalue weighted by molar-refractivity contribution is 8.01. The molecule has 0 bridgehead atoms. The molecule has 34 heavy (non-hydrogen) atoms. The molecule has 1 unspecified atom stereocenters. The van der Waals surface area contributed by atoms with E-state index in [0.717, 1.165) is 22.7 Å². The summed E-state index contributed by atoms with van der Waals surface area (Å²) >= 11 is 1.34. The summed E-state index contributed by atoms with van der Waals surface area (Å²) < 4.78 is 18.0. The number of carbonyl (C=O) groups excluding carboxylic acids is 4. The summed E-state index contributed by atoms with van der Waals surface area (Å²) in [6.45, 7) is -0.479. The highest BCUT2D eigenvalue weighted by Gasteiger charge is 2.28. The first kappa shape index (κ1) is 23.2. The summed E-state index contributed by atoms with van der Waals surface area (Å²) in [6, 6.07) is 18.3. The van der Waals surface area contributed by atoms with Crippen LogP contribution in [0.2, 0.25) is 0 Å². The van der Waals surface area contributed by atoms with E-state index in [2.05, 4.69) is 10.6 Å². The van der Waals surface area contributed by atoms with Crippen LogP contribution in [0.1, 0.15) is 27.1 Å².